The molecule has 0 unspecified atom stereocenters. The van der Waals surface area contributed by atoms with Crippen LogP contribution in [0.2, 0.25) is 0 Å². The summed E-state index contributed by atoms with van der Waals surface area (Å²) in [7, 11) is 0. The van der Waals surface area contributed by atoms with Gasteiger partial charge >= 0.3 is 0 Å². The van der Waals surface area contributed by atoms with E-state index in [1.165, 1.54) is 0 Å². The fraction of sp³-hybridized carbons (Fsp3) is 0.0769. The monoisotopic (exact) mass is 393 g/mol. The zero-order valence-electron chi connectivity index (χ0n) is 16.4. The lowest BCUT2D eigenvalue weighted by Crippen LogP contribution is -2.14. The summed E-state index contributed by atoms with van der Waals surface area (Å²) in [4.78, 5) is 25.5. The quantitative estimate of drug-likeness (QED) is 0.407. The van der Waals surface area contributed by atoms with Gasteiger partial charge < -0.3 is 9.73 Å². The van der Waals surface area contributed by atoms with E-state index in [9.17, 15) is 9.59 Å². The highest BCUT2D eigenvalue weighted by molar-refractivity contribution is 5.98. The van der Waals surface area contributed by atoms with Crippen molar-refractivity contribution in [3.63, 3.8) is 0 Å². The molecule has 1 N–H and O–H groups in total. The predicted molar refractivity (Wildman–Crippen MR) is 121 cm³/mol. The van der Waals surface area contributed by atoms with Gasteiger partial charge in [-0.3, -0.25) is 9.59 Å². The van der Waals surface area contributed by atoms with Crippen molar-refractivity contribution in [1.82, 2.24) is 0 Å². The summed E-state index contributed by atoms with van der Waals surface area (Å²) in [6, 6.07) is 24.7. The average molecular weight is 393 g/mol. The molecule has 1 aromatic heterocycles. The van der Waals surface area contributed by atoms with Gasteiger partial charge in [0.25, 0.3) is 0 Å². The van der Waals surface area contributed by atoms with Crippen LogP contribution < -0.4 is 10.7 Å². The Morgan fingerprint density at radius 3 is 2.53 bits per heavy atom. The van der Waals surface area contributed by atoms with Crippen molar-refractivity contribution in [2.45, 2.75) is 13.3 Å². The lowest BCUT2D eigenvalue weighted by Gasteiger charge is -2.09. The van der Waals surface area contributed by atoms with Crippen molar-refractivity contribution in [1.29, 1.82) is 0 Å². The molecule has 0 aliphatic heterocycles. The molecular formula is C26H19NO3. The van der Waals surface area contributed by atoms with Crippen molar-refractivity contribution in [2.75, 3.05) is 5.32 Å². The van der Waals surface area contributed by atoms with Gasteiger partial charge in [0.05, 0.1) is 17.2 Å². The van der Waals surface area contributed by atoms with Crippen LogP contribution in [0.3, 0.4) is 0 Å². The summed E-state index contributed by atoms with van der Waals surface area (Å²) < 4.78 is 6.00. The molecule has 0 radical (unpaired) electrons. The number of anilines is 1. The second-order valence-corrected chi connectivity index (χ2v) is 7.46. The van der Waals surface area contributed by atoms with E-state index < -0.39 is 0 Å². The van der Waals surface area contributed by atoms with Crippen LogP contribution in [0, 0.1) is 6.92 Å². The minimum absolute atomic E-state index is 0.0661. The number of rotatable bonds is 3. The number of hydrogen-bond acceptors (Lipinski definition) is 3. The molecule has 0 atom stereocenters. The number of hydrogen-bond donors (Lipinski definition) is 1. The number of carbonyl (C=O) groups excluding carboxylic acids is 1. The van der Waals surface area contributed by atoms with Crippen molar-refractivity contribution in [3.05, 3.63) is 100 Å². The zero-order valence-corrected chi connectivity index (χ0v) is 16.4. The molecule has 30 heavy (non-hydrogen) atoms. The number of carbonyl (C=O) groups is 1. The maximum atomic E-state index is 12.8. The molecule has 4 nitrogen and oxygen atoms in total. The number of fused-ring (bicyclic) bond motifs is 3. The van der Waals surface area contributed by atoms with E-state index in [0.717, 1.165) is 21.9 Å². The lowest BCUT2D eigenvalue weighted by molar-refractivity contribution is -0.115. The number of nitrogens with one attached hydrogen (secondary N) is 1. The molecule has 0 saturated heterocycles. The maximum absolute atomic E-state index is 12.8. The normalized spacial score (nSPS) is 11.2. The Morgan fingerprint density at radius 1 is 0.867 bits per heavy atom. The van der Waals surface area contributed by atoms with Crippen LogP contribution in [-0.2, 0) is 11.2 Å². The Hall–Kier alpha value is -3.92. The molecule has 0 aliphatic carbocycles. The first-order valence-electron chi connectivity index (χ1n) is 9.83. The van der Waals surface area contributed by atoms with Crippen LogP contribution in [-0.4, -0.2) is 5.91 Å². The summed E-state index contributed by atoms with van der Waals surface area (Å²) in [6.07, 6.45) is 0.264. The fourth-order valence-electron chi connectivity index (χ4n) is 3.92. The number of amides is 1. The van der Waals surface area contributed by atoms with Gasteiger partial charge in [-0.1, -0.05) is 54.6 Å². The van der Waals surface area contributed by atoms with Gasteiger partial charge in [-0.05, 0) is 47.0 Å². The van der Waals surface area contributed by atoms with Crippen LogP contribution in [0.5, 0.6) is 0 Å². The SMILES string of the molecule is Cc1cccc2c(=O)c3ccc(NC(=O)Cc4cccc5ccccc45)cc3oc12. The topological polar surface area (TPSA) is 59.3 Å². The van der Waals surface area contributed by atoms with Crippen molar-refractivity contribution in [3.8, 4) is 0 Å². The van der Waals surface area contributed by atoms with Crippen LogP contribution in [0.1, 0.15) is 11.1 Å². The van der Waals surface area contributed by atoms with E-state index in [4.69, 9.17) is 4.42 Å². The van der Waals surface area contributed by atoms with Crippen LogP contribution in [0.15, 0.2) is 88.1 Å². The molecule has 4 heteroatoms. The maximum Gasteiger partial charge on any atom is 0.228 e. The molecule has 5 rings (SSSR count). The molecule has 4 aromatic carbocycles. The van der Waals surface area contributed by atoms with Gasteiger partial charge in [0.1, 0.15) is 11.2 Å². The average Bonchev–Trinajstić information content (AvgIpc) is 2.75. The number of para-hydroxylation sites is 1. The van der Waals surface area contributed by atoms with Crippen LogP contribution in [0.25, 0.3) is 32.7 Å². The van der Waals surface area contributed by atoms with Crippen molar-refractivity contribution < 1.29 is 9.21 Å². The second kappa shape index (κ2) is 7.16. The first kappa shape index (κ1) is 18.1. The van der Waals surface area contributed by atoms with Gasteiger partial charge in [0.2, 0.25) is 11.3 Å². The minimum Gasteiger partial charge on any atom is -0.455 e. The highest BCUT2D eigenvalue weighted by atomic mass is 16.3. The Morgan fingerprint density at radius 2 is 1.63 bits per heavy atom. The molecule has 0 fully saturated rings. The molecule has 0 bridgehead atoms. The molecule has 5 aromatic rings. The largest absolute Gasteiger partial charge is 0.455 e. The van der Waals surface area contributed by atoms with Gasteiger partial charge in [0.15, 0.2) is 0 Å². The molecule has 1 heterocycles. The summed E-state index contributed by atoms with van der Waals surface area (Å²) in [5.74, 6) is -0.120. The highest BCUT2D eigenvalue weighted by Crippen LogP contribution is 2.24. The second-order valence-electron chi connectivity index (χ2n) is 7.46. The molecular weight excluding hydrogens is 374 g/mol. The third-order valence-corrected chi connectivity index (χ3v) is 5.41. The molecule has 0 spiro atoms. The van der Waals surface area contributed by atoms with E-state index in [0.29, 0.717) is 27.6 Å². The zero-order chi connectivity index (χ0) is 20.7. The third-order valence-electron chi connectivity index (χ3n) is 5.41. The van der Waals surface area contributed by atoms with E-state index in [2.05, 4.69) is 5.32 Å². The summed E-state index contributed by atoms with van der Waals surface area (Å²) in [5.41, 5.74) is 3.45. The van der Waals surface area contributed by atoms with Crippen LogP contribution in [0.4, 0.5) is 5.69 Å². The molecule has 146 valence electrons. The van der Waals surface area contributed by atoms with Gasteiger partial charge in [-0.15, -0.1) is 0 Å². The minimum atomic E-state index is -0.120. The molecule has 0 saturated carbocycles. The summed E-state index contributed by atoms with van der Waals surface area (Å²) in [5, 5.41) is 6.17. The third kappa shape index (κ3) is 3.12. The summed E-state index contributed by atoms with van der Waals surface area (Å²) >= 11 is 0. The van der Waals surface area contributed by atoms with Gasteiger partial charge in [-0.25, -0.2) is 0 Å². The van der Waals surface area contributed by atoms with E-state index in [-0.39, 0.29) is 17.8 Å². The van der Waals surface area contributed by atoms with Crippen molar-refractivity contribution in [2.24, 2.45) is 0 Å². The Labute approximate surface area is 172 Å². The number of aryl methyl sites for hydroxylation is 1. The van der Waals surface area contributed by atoms with E-state index in [1.54, 1.807) is 24.3 Å². The van der Waals surface area contributed by atoms with E-state index >= 15 is 0 Å². The Balaban J connectivity index is 1.47. The molecule has 0 aliphatic rings. The first-order chi connectivity index (χ1) is 14.6. The van der Waals surface area contributed by atoms with Gasteiger partial charge in [0, 0.05) is 11.8 Å². The molecule has 1 amide bonds. The standard InChI is InChI=1S/C26H19NO3/c1-16-6-4-11-22-25(29)21-13-12-19(15-23(21)30-26(16)22)27-24(28)14-18-9-5-8-17-7-2-3-10-20(17)18/h2-13,15H,14H2,1H3,(H,27,28). The number of benzene rings is 4. The summed E-state index contributed by atoms with van der Waals surface area (Å²) in [6.45, 7) is 1.91. The predicted octanol–water partition coefficient (Wildman–Crippen LogP) is 5.59. The highest BCUT2D eigenvalue weighted by Gasteiger charge is 2.12. The fourth-order valence-corrected chi connectivity index (χ4v) is 3.92. The van der Waals surface area contributed by atoms with Gasteiger partial charge in [-0.2, -0.15) is 0 Å². The lowest BCUT2D eigenvalue weighted by atomic mass is 10.0. The van der Waals surface area contributed by atoms with E-state index in [1.807, 2.05) is 61.5 Å². The van der Waals surface area contributed by atoms with Crippen LogP contribution >= 0.6 is 0 Å². The van der Waals surface area contributed by atoms with Crippen molar-refractivity contribution >= 4 is 44.3 Å². The Kier molecular flexibility index (Phi) is 4.32. The first-order valence-corrected chi connectivity index (χ1v) is 9.83. The Bertz CT molecular complexity index is 1490. The smallest absolute Gasteiger partial charge is 0.228 e.